The number of hydrogen-bond acceptors (Lipinski definition) is 3. The zero-order valence-corrected chi connectivity index (χ0v) is 6.28. The maximum Gasteiger partial charge on any atom is 0.338 e. The second kappa shape index (κ2) is 2.51. The molecule has 0 aliphatic rings. The molecule has 0 aliphatic carbocycles. The smallest absolute Gasteiger partial charge is 0.338 e. The van der Waals surface area contributed by atoms with Crippen molar-refractivity contribution in [3.05, 3.63) is 23.5 Å². The highest BCUT2D eigenvalue weighted by atomic mass is 19.1. The first kappa shape index (κ1) is 7.66. The van der Waals surface area contributed by atoms with E-state index in [0.29, 0.717) is 0 Å². The fourth-order valence-corrected chi connectivity index (χ4v) is 1.08. The molecule has 66 valence electrons. The molecule has 0 atom stereocenters. The van der Waals surface area contributed by atoms with Crippen LogP contribution in [0.2, 0.25) is 0 Å². The average molecular weight is 181 g/mol. The molecule has 5 nitrogen and oxygen atoms in total. The molecule has 1 aromatic carbocycles. The molecule has 0 radical (unpaired) electrons. The van der Waals surface area contributed by atoms with Crippen LogP contribution in [0.1, 0.15) is 10.4 Å². The van der Waals surface area contributed by atoms with Crippen molar-refractivity contribution in [2.45, 2.75) is 0 Å². The number of halogens is 1. The largest absolute Gasteiger partial charge is 0.478 e. The van der Waals surface area contributed by atoms with E-state index in [1.807, 2.05) is 0 Å². The van der Waals surface area contributed by atoms with Gasteiger partial charge in [-0.25, -0.2) is 9.18 Å². The molecule has 0 amide bonds. The summed E-state index contributed by atoms with van der Waals surface area (Å²) in [5.74, 6) is -1.86. The number of carboxylic acids is 1. The molecule has 1 aromatic heterocycles. The number of hydrogen-bond donors (Lipinski definition) is 2. The third kappa shape index (κ3) is 1.12. The molecule has 2 N–H and O–H groups in total. The number of carboxylic acid groups (broad SMARTS) is 1. The van der Waals surface area contributed by atoms with E-state index in [-0.39, 0.29) is 16.6 Å². The molecule has 0 spiro atoms. The van der Waals surface area contributed by atoms with Gasteiger partial charge in [0.1, 0.15) is 16.9 Å². The van der Waals surface area contributed by atoms with Gasteiger partial charge >= 0.3 is 5.97 Å². The summed E-state index contributed by atoms with van der Waals surface area (Å²) >= 11 is 0. The standard InChI is InChI=1S/C7H4FN3O2/c8-3-1-4(7(12)13)6-5(2-3)9-11-10-6/h1-2H,(H,12,13)(H,9,10,11). The van der Waals surface area contributed by atoms with Crippen LogP contribution >= 0.6 is 0 Å². The van der Waals surface area contributed by atoms with E-state index < -0.39 is 11.8 Å². The SMILES string of the molecule is O=C(O)c1cc(F)cc2n[nH]nc12. The number of nitrogens with zero attached hydrogens (tertiary/aromatic N) is 2. The molecule has 0 saturated heterocycles. The van der Waals surface area contributed by atoms with Gasteiger partial charge in [0.25, 0.3) is 0 Å². The molecule has 0 saturated carbocycles. The summed E-state index contributed by atoms with van der Waals surface area (Å²) < 4.78 is 12.8. The first-order valence-electron chi connectivity index (χ1n) is 3.42. The first-order valence-corrected chi connectivity index (χ1v) is 3.42. The molecule has 13 heavy (non-hydrogen) atoms. The Balaban J connectivity index is 2.84. The lowest BCUT2D eigenvalue weighted by Crippen LogP contribution is -1.98. The van der Waals surface area contributed by atoms with Gasteiger partial charge in [-0.1, -0.05) is 0 Å². The normalized spacial score (nSPS) is 10.5. The predicted octanol–water partition coefficient (Wildman–Crippen LogP) is 0.795. The summed E-state index contributed by atoms with van der Waals surface area (Å²) in [4.78, 5) is 10.6. The van der Waals surface area contributed by atoms with E-state index in [1.165, 1.54) is 0 Å². The summed E-state index contributed by atoms with van der Waals surface area (Å²) in [6, 6.07) is 2.03. The van der Waals surface area contributed by atoms with Crippen molar-refractivity contribution < 1.29 is 14.3 Å². The molecule has 1 heterocycles. The summed E-state index contributed by atoms with van der Waals surface area (Å²) in [5.41, 5.74) is 0.176. The third-order valence-corrected chi connectivity index (χ3v) is 1.62. The fourth-order valence-electron chi connectivity index (χ4n) is 1.08. The Morgan fingerprint density at radius 1 is 1.46 bits per heavy atom. The minimum atomic E-state index is -1.22. The van der Waals surface area contributed by atoms with Crippen LogP contribution in [0.4, 0.5) is 4.39 Å². The Labute approximate surface area is 71.2 Å². The van der Waals surface area contributed by atoms with Gasteiger partial charge in [-0.2, -0.15) is 15.4 Å². The molecule has 6 heteroatoms. The number of H-pyrrole nitrogens is 1. The Bertz CT molecular complexity index is 480. The topological polar surface area (TPSA) is 78.9 Å². The molecule has 0 unspecified atom stereocenters. The molecule has 0 bridgehead atoms. The van der Waals surface area contributed by atoms with E-state index in [0.717, 1.165) is 12.1 Å². The quantitative estimate of drug-likeness (QED) is 0.681. The van der Waals surface area contributed by atoms with Crippen molar-refractivity contribution in [2.75, 3.05) is 0 Å². The number of carbonyl (C=O) groups is 1. The van der Waals surface area contributed by atoms with Crippen LogP contribution < -0.4 is 0 Å². The number of aromatic nitrogens is 3. The van der Waals surface area contributed by atoms with E-state index >= 15 is 0 Å². The van der Waals surface area contributed by atoms with Gasteiger partial charge in [0.2, 0.25) is 0 Å². The minimum Gasteiger partial charge on any atom is -0.478 e. The number of aromatic carboxylic acids is 1. The van der Waals surface area contributed by atoms with Crippen molar-refractivity contribution in [3.8, 4) is 0 Å². The van der Waals surface area contributed by atoms with E-state index in [9.17, 15) is 9.18 Å². The first-order chi connectivity index (χ1) is 6.18. The van der Waals surface area contributed by atoms with Crippen molar-refractivity contribution in [2.24, 2.45) is 0 Å². The highest BCUT2D eigenvalue weighted by Gasteiger charge is 2.13. The van der Waals surface area contributed by atoms with Crippen LogP contribution in [0.15, 0.2) is 12.1 Å². The Morgan fingerprint density at radius 3 is 2.92 bits per heavy atom. The highest BCUT2D eigenvalue weighted by molar-refractivity contribution is 6.00. The van der Waals surface area contributed by atoms with Crippen molar-refractivity contribution in [3.63, 3.8) is 0 Å². The predicted molar refractivity (Wildman–Crippen MR) is 40.8 cm³/mol. The highest BCUT2D eigenvalue weighted by Crippen LogP contribution is 2.15. The summed E-state index contributed by atoms with van der Waals surface area (Å²) in [5, 5.41) is 18.1. The number of rotatable bonds is 1. The van der Waals surface area contributed by atoms with E-state index in [1.54, 1.807) is 0 Å². The molecule has 2 aromatic rings. The van der Waals surface area contributed by atoms with Crippen LogP contribution in [-0.2, 0) is 0 Å². The van der Waals surface area contributed by atoms with Crippen molar-refractivity contribution in [1.29, 1.82) is 0 Å². The maximum atomic E-state index is 12.8. The third-order valence-electron chi connectivity index (χ3n) is 1.62. The molecule has 2 rings (SSSR count). The average Bonchev–Trinajstić information content (AvgIpc) is 2.49. The zero-order valence-electron chi connectivity index (χ0n) is 6.28. The van der Waals surface area contributed by atoms with Crippen LogP contribution in [0, 0.1) is 5.82 Å². The number of nitrogens with one attached hydrogen (secondary N) is 1. The minimum absolute atomic E-state index is 0.161. The van der Waals surface area contributed by atoms with Crippen LogP contribution in [0.5, 0.6) is 0 Å². The van der Waals surface area contributed by atoms with Crippen molar-refractivity contribution >= 4 is 17.0 Å². The number of fused-ring (bicyclic) bond motifs is 1. The lowest BCUT2D eigenvalue weighted by atomic mass is 10.2. The van der Waals surface area contributed by atoms with E-state index in [4.69, 9.17) is 5.11 Å². The van der Waals surface area contributed by atoms with Crippen molar-refractivity contribution in [1.82, 2.24) is 15.4 Å². The fraction of sp³-hybridized carbons (Fsp3) is 0. The Hall–Kier alpha value is -1.98. The van der Waals surface area contributed by atoms with Gasteiger partial charge < -0.3 is 5.11 Å². The van der Waals surface area contributed by atoms with E-state index in [2.05, 4.69) is 15.4 Å². The second-order valence-electron chi connectivity index (χ2n) is 2.45. The molecule has 0 fully saturated rings. The monoisotopic (exact) mass is 181 g/mol. The molecule has 0 aliphatic heterocycles. The van der Waals surface area contributed by atoms with Gasteiger partial charge in [-0.05, 0) is 6.07 Å². The van der Waals surface area contributed by atoms with Gasteiger partial charge in [0.15, 0.2) is 0 Å². The van der Waals surface area contributed by atoms with Crippen LogP contribution in [0.25, 0.3) is 11.0 Å². The summed E-state index contributed by atoms with van der Waals surface area (Å²) in [7, 11) is 0. The maximum absolute atomic E-state index is 12.8. The van der Waals surface area contributed by atoms with Gasteiger partial charge in [0, 0.05) is 6.07 Å². The number of benzene rings is 1. The Kier molecular flexibility index (Phi) is 1.48. The molecular formula is C7H4FN3O2. The van der Waals surface area contributed by atoms with Gasteiger partial charge in [0.05, 0.1) is 5.56 Å². The summed E-state index contributed by atoms with van der Waals surface area (Å²) in [6.45, 7) is 0. The lowest BCUT2D eigenvalue weighted by Gasteiger charge is -1.94. The lowest BCUT2D eigenvalue weighted by molar-refractivity contribution is 0.0698. The van der Waals surface area contributed by atoms with Crippen LogP contribution in [0.3, 0.4) is 0 Å². The Morgan fingerprint density at radius 2 is 2.23 bits per heavy atom. The second-order valence-corrected chi connectivity index (χ2v) is 2.45. The summed E-state index contributed by atoms with van der Waals surface area (Å²) in [6.07, 6.45) is 0. The molecular weight excluding hydrogens is 177 g/mol. The van der Waals surface area contributed by atoms with Crippen LogP contribution in [-0.4, -0.2) is 26.5 Å². The zero-order chi connectivity index (χ0) is 9.42. The van der Waals surface area contributed by atoms with Gasteiger partial charge in [-0.3, -0.25) is 0 Å². The van der Waals surface area contributed by atoms with Gasteiger partial charge in [-0.15, -0.1) is 0 Å². The number of aromatic amines is 1.